The Morgan fingerprint density at radius 1 is 0.213 bits per heavy atom. The van der Waals surface area contributed by atoms with E-state index in [1.807, 2.05) is 0 Å². The second kappa shape index (κ2) is 61.2. The Balaban J connectivity index is 2.73. The van der Waals surface area contributed by atoms with Crippen molar-refractivity contribution in [3.63, 3.8) is 0 Å². The lowest BCUT2D eigenvalue weighted by Crippen LogP contribution is -2.50. The van der Waals surface area contributed by atoms with Gasteiger partial charge in [-0.25, -0.2) is 0 Å². The van der Waals surface area contributed by atoms with Crippen LogP contribution in [0.4, 0.5) is 0 Å². The topological polar surface area (TPSA) is 16.2 Å². The molecule has 1 rings (SSSR count). The molecular formula is C70H143N5. The van der Waals surface area contributed by atoms with E-state index in [4.69, 9.17) is 0 Å². The summed E-state index contributed by atoms with van der Waals surface area (Å²) in [7, 11) is 0. The molecule has 0 aromatic carbocycles. The number of allylic oxidation sites excluding steroid dienone is 2. The molecule has 5 nitrogen and oxygen atoms in total. The number of rotatable bonds is 63. The molecular weight excluding hydrogens is 911 g/mol. The summed E-state index contributed by atoms with van der Waals surface area (Å²) < 4.78 is 0. The monoisotopic (exact) mass is 1050 g/mol. The van der Waals surface area contributed by atoms with Gasteiger partial charge in [-0.2, -0.15) is 0 Å². The predicted octanol–water partition coefficient (Wildman–Crippen LogP) is 20.9. The van der Waals surface area contributed by atoms with E-state index in [1.54, 1.807) is 0 Å². The van der Waals surface area contributed by atoms with Crippen LogP contribution in [0.3, 0.4) is 0 Å². The van der Waals surface area contributed by atoms with E-state index in [0.29, 0.717) is 0 Å². The van der Waals surface area contributed by atoms with Gasteiger partial charge in [0.15, 0.2) is 0 Å². The molecule has 448 valence electrons. The van der Waals surface area contributed by atoms with Crippen molar-refractivity contribution in [2.45, 2.75) is 343 Å². The van der Waals surface area contributed by atoms with E-state index in [0.717, 1.165) is 0 Å². The fraction of sp³-hybridized carbons (Fsp3) is 0.971. The van der Waals surface area contributed by atoms with Gasteiger partial charge in [-0.15, -0.1) is 0 Å². The van der Waals surface area contributed by atoms with Crippen molar-refractivity contribution in [3.8, 4) is 0 Å². The molecule has 0 aliphatic carbocycles. The van der Waals surface area contributed by atoms with Crippen molar-refractivity contribution >= 4 is 0 Å². The molecule has 1 aliphatic heterocycles. The zero-order chi connectivity index (χ0) is 53.8. The normalized spacial score (nSPS) is 13.9. The molecule has 0 radical (unpaired) electrons. The van der Waals surface area contributed by atoms with Gasteiger partial charge in [0.1, 0.15) is 0 Å². The van der Waals surface area contributed by atoms with Crippen LogP contribution in [-0.4, -0.2) is 123 Å². The lowest BCUT2D eigenvalue weighted by Gasteiger charge is -2.37. The van der Waals surface area contributed by atoms with E-state index in [2.05, 4.69) is 71.3 Å². The van der Waals surface area contributed by atoms with E-state index in [1.165, 1.54) is 406 Å². The average molecular weight is 1050 g/mol. The van der Waals surface area contributed by atoms with Crippen molar-refractivity contribution in [2.75, 3.05) is 98.2 Å². The second-order valence-electron chi connectivity index (χ2n) is 24.8. The van der Waals surface area contributed by atoms with E-state index >= 15 is 0 Å². The molecule has 0 spiro atoms. The second-order valence-corrected chi connectivity index (χ2v) is 24.8. The number of nitrogens with zero attached hydrogens (tertiary/aromatic N) is 5. The van der Waals surface area contributed by atoms with Gasteiger partial charge in [0.05, 0.1) is 0 Å². The van der Waals surface area contributed by atoms with Crippen molar-refractivity contribution in [1.29, 1.82) is 0 Å². The van der Waals surface area contributed by atoms with Gasteiger partial charge in [-0.3, -0.25) is 9.80 Å². The maximum absolute atomic E-state index is 2.93. The Morgan fingerprint density at radius 2 is 0.400 bits per heavy atom. The molecule has 1 saturated heterocycles. The van der Waals surface area contributed by atoms with E-state index < -0.39 is 0 Å². The van der Waals surface area contributed by atoms with Gasteiger partial charge >= 0.3 is 0 Å². The largest absolute Gasteiger partial charge is 0.302 e. The number of hydrogen-bond donors (Lipinski definition) is 0. The molecule has 75 heavy (non-hydrogen) atoms. The summed E-state index contributed by atoms with van der Waals surface area (Å²) in [6, 6.07) is 0. The highest BCUT2D eigenvalue weighted by atomic mass is 15.3. The standard InChI is InChI=1S/C70H143N5/c1-6-11-16-21-26-31-36-41-46-51-56-71(57-52-47-42-37-32-27-22-17-12-7-2)61-63-73(60-55-50-45-40-35-30-25-20-15-10-5)64-66-75-69-67-74(68-70-75)65-62-72(58-53-48-43-38-33-28-23-18-13-8-3)59-54-49-44-39-34-29-24-19-14-9-4/h28,33H,6-27,29-32,34-70H2,1-5H3/b33-28-. The first-order chi connectivity index (χ1) is 37.2. The fourth-order valence-corrected chi connectivity index (χ4v) is 11.9. The molecule has 0 unspecified atom stereocenters. The smallest absolute Gasteiger partial charge is 0.0110 e. The number of piperazine rings is 1. The Bertz CT molecular complexity index is 1050. The van der Waals surface area contributed by atoms with Gasteiger partial charge in [0, 0.05) is 65.4 Å². The van der Waals surface area contributed by atoms with Gasteiger partial charge in [0.25, 0.3) is 0 Å². The summed E-state index contributed by atoms with van der Waals surface area (Å²) in [5.74, 6) is 0. The van der Waals surface area contributed by atoms with Crippen LogP contribution in [0.5, 0.6) is 0 Å². The summed E-state index contributed by atoms with van der Waals surface area (Å²) in [5.41, 5.74) is 0. The van der Waals surface area contributed by atoms with E-state index in [9.17, 15) is 0 Å². The lowest BCUT2D eigenvalue weighted by atomic mass is 10.1. The van der Waals surface area contributed by atoms with Crippen LogP contribution in [0.15, 0.2) is 12.2 Å². The molecule has 1 fully saturated rings. The highest BCUT2D eigenvalue weighted by Crippen LogP contribution is 2.17. The van der Waals surface area contributed by atoms with Crippen molar-refractivity contribution in [3.05, 3.63) is 12.2 Å². The summed E-state index contributed by atoms with van der Waals surface area (Å²) in [6.45, 7) is 30.9. The molecule has 0 aromatic rings. The SMILES string of the molecule is CCCCC/C=C\CCCCCN(CCCCCCCCCCCC)CCN1CCN(CCN(CCCCCCCCCCCC)CCN(CCCCCCCCCCCC)CCCCCCCCCCCC)CC1. The van der Waals surface area contributed by atoms with Crippen LogP contribution < -0.4 is 0 Å². The third kappa shape index (κ3) is 52.7. The van der Waals surface area contributed by atoms with E-state index in [-0.39, 0.29) is 0 Å². The summed E-state index contributed by atoms with van der Waals surface area (Å²) in [4.78, 5) is 14.4. The highest BCUT2D eigenvalue weighted by molar-refractivity contribution is 4.81. The molecule has 1 heterocycles. The molecule has 0 saturated carbocycles. The minimum Gasteiger partial charge on any atom is -0.302 e. The Hall–Kier alpha value is -0.460. The third-order valence-electron chi connectivity index (χ3n) is 17.5. The lowest BCUT2D eigenvalue weighted by molar-refractivity contribution is 0.104. The number of unbranched alkanes of at least 4 members (excludes halogenated alkanes) is 42. The molecule has 0 amide bonds. The molecule has 0 N–H and O–H groups in total. The Morgan fingerprint density at radius 3 is 0.667 bits per heavy atom. The minimum absolute atomic E-state index is 1.26. The molecule has 0 atom stereocenters. The summed E-state index contributed by atoms with van der Waals surface area (Å²) in [6.07, 6.45) is 73.2. The first-order valence-electron chi connectivity index (χ1n) is 35.4. The minimum atomic E-state index is 1.26. The van der Waals surface area contributed by atoms with Gasteiger partial charge in [-0.1, -0.05) is 297 Å². The maximum Gasteiger partial charge on any atom is 0.0110 e. The van der Waals surface area contributed by atoms with Crippen LogP contribution in [0.2, 0.25) is 0 Å². The zero-order valence-electron chi connectivity index (χ0n) is 52.9. The van der Waals surface area contributed by atoms with Crippen LogP contribution in [0.1, 0.15) is 343 Å². The summed E-state index contributed by atoms with van der Waals surface area (Å²) >= 11 is 0. The van der Waals surface area contributed by atoms with Crippen molar-refractivity contribution < 1.29 is 0 Å². The molecule has 1 aliphatic rings. The predicted molar refractivity (Wildman–Crippen MR) is 341 cm³/mol. The zero-order valence-corrected chi connectivity index (χ0v) is 52.9. The molecule has 0 aromatic heterocycles. The summed E-state index contributed by atoms with van der Waals surface area (Å²) in [5, 5.41) is 0. The number of hydrogen-bond acceptors (Lipinski definition) is 5. The Labute approximate surface area is 475 Å². The van der Waals surface area contributed by atoms with Gasteiger partial charge < -0.3 is 14.7 Å². The first kappa shape index (κ1) is 72.6. The maximum atomic E-state index is 2.93. The average Bonchev–Trinajstić information content (AvgIpc) is 3.42. The van der Waals surface area contributed by atoms with Crippen molar-refractivity contribution in [1.82, 2.24) is 24.5 Å². The van der Waals surface area contributed by atoms with Crippen LogP contribution in [0.25, 0.3) is 0 Å². The molecule has 5 heteroatoms. The molecule has 0 bridgehead atoms. The first-order valence-corrected chi connectivity index (χ1v) is 35.4. The Kier molecular flexibility index (Phi) is 59.2. The van der Waals surface area contributed by atoms with Gasteiger partial charge in [0.2, 0.25) is 0 Å². The van der Waals surface area contributed by atoms with Crippen LogP contribution >= 0.6 is 0 Å². The fourth-order valence-electron chi connectivity index (χ4n) is 11.9. The van der Waals surface area contributed by atoms with Gasteiger partial charge in [-0.05, 0) is 90.5 Å². The quantitative estimate of drug-likeness (QED) is 0.0444. The van der Waals surface area contributed by atoms with Crippen LogP contribution in [-0.2, 0) is 0 Å². The van der Waals surface area contributed by atoms with Crippen molar-refractivity contribution in [2.24, 2.45) is 0 Å². The highest BCUT2D eigenvalue weighted by Gasteiger charge is 2.19. The third-order valence-corrected chi connectivity index (χ3v) is 17.5. The van der Waals surface area contributed by atoms with Crippen LogP contribution in [0, 0.1) is 0 Å².